The maximum absolute atomic E-state index is 11.0. The number of para-hydroxylation sites is 1. The number of benzene rings is 2. The Balaban J connectivity index is 1.53. The third kappa shape index (κ3) is 3.67. The van der Waals surface area contributed by atoms with Gasteiger partial charge in [-0.05, 0) is 24.3 Å². The molecule has 6 nitrogen and oxygen atoms in total. The summed E-state index contributed by atoms with van der Waals surface area (Å²) in [4.78, 5) is 14.6. The second kappa shape index (κ2) is 7.50. The number of hydrogen-bond acceptors (Lipinski definition) is 3. The molecule has 0 aliphatic carbocycles. The van der Waals surface area contributed by atoms with Crippen LogP contribution in [0.5, 0.6) is 0 Å². The van der Waals surface area contributed by atoms with E-state index in [2.05, 4.69) is 49.7 Å². The Hall–Kier alpha value is -2.09. The number of fused-ring (bicyclic) bond motifs is 3. The predicted molar refractivity (Wildman–Crippen MR) is 109 cm³/mol. The van der Waals surface area contributed by atoms with Gasteiger partial charge in [-0.1, -0.05) is 34.1 Å². The van der Waals surface area contributed by atoms with Crippen LogP contribution in [0.1, 0.15) is 0 Å². The van der Waals surface area contributed by atoms with E-state index in [0.29, 0.717) is 39.3 Å². The molecule has 27 heavy (non-hydrogen) atoms. The summed E-state index contributed by atoms with van der Waals surface area (Å²) in [6.45, 7) is 3.34. The van der Waals surface area contributed by atoms with Crippen LogP contribution in [0.3, 0.4) is 0 Å². The smallest absolute Gasteiger partial charge is 0.407 e. The van der Waals surface area contributed by atoms with Crippen LogP contribution >= 0.6 is 15.9 Å². The monoisotopic (exact) mass is 431 g/mol. The number of hydrogen-bond donors (Lipinski definition) is 2. The molecule has 4 rings (SSSR count). The topological polar surface area (TPSA) is 68.9 Å². The highest BCUT2D eigenvalue weighted by molar-refractivity contribution is 9.10. The molecule has 1 amide bonds. The summed E-state index contributed by atoms with van der Waals surface area (Å²) in [5, 5.41) is 22.1. The molecule has 3 aromatic rings. The average molecular weight is 432 g/mol. The number of β-amino-alcohol motifs (C(OH)–C–C–N with tert-alkyl or cyclic N) is 1. The molecule has 1 aliphatic rings. The Morgan fingerprint density at radius 2 is 1.70 bits per heavy atom. The molecule has 1 fully saturated rings. The molecule has 7 heteroatoms. The van der Waals surface area contributed by atoms with E-state index < -0.39 is 12.2 Å². The van der Waals surface area contributed by atoms with E-state index in [1.807, 2.05) is 18.2 Å². The largest absolute Gasteiger partial charge is 0.465 e. The van der Waals surface area contributed by atoms with Crippen molar-refractivity contribution in [3.05, 3.63) is 46.9 Å². The Morgan fingerprint density at radius 3 is 2.44 bits per heavy atom. The quantitative estimate of drug-likeness (QED) is 0.665. The number of carbonyl (C=O) groups is 1. The van der Waals surface area contributed by atoms with Crippen LogP contribution in [0.4, 0.5) is 4.79 Å². The summed E-state index contributed by atoms with van der Waals surface area (Å²) >= 11 is 3.55. The fourth-order valence-electron chi connectivity index (χ4n) is 3.91. The van der Waals surface area contributed by atoms with Gasteiger partial charge in [0.25, 0.3) is 0 Å². The van der Waals surface area contributed by atoms with Gasteiger partial charge in [-0.2, -0.15) is 0 Å². The standard InChI is InChI=1S/C20H22BrN3O3/c21-14-5-6-19-17(11-14)16-3-1-2-4-18(16)24(19)13-15(25)12-22-7-9-23(10-8-22)20(26)27/h1-6,11,15,25H,7-10,12-13H2,(H,26,27). The summed E-state index contributed by atoms with van der Waals surface area (Å²) in [5.74, 6) is 0. The lowest BCUT2D eigenvalue weighted by atomic mass is 10.2. The third-order valence-corrected chi connectivity index (χ3v) is 5.73. The van der Waals surface area contributed by atoms with Crippen LogP contribution in [0.15, 0.2) is 46.9 Å². The van der Waals surface area contributed by atoms with Crippen molar-refractivity contribution < 1.29 is 15.0 Å². The minimum atomic E-state index is -0.869. The van der Waals surface area contributed by atoms with Gasteiger partial charge in [-0.3, -0.25) is 4.90 Å². The fourth-order valence-corrected chi connectivity index (χ4v) is 4.27. The van der Waals surface area contributed by atoms with Crippen LogP contribution in [0, 0.1) is 0 Å². The molecule has 0 radical (unpaired) electrons. The maximum atomic E-state index is 11.0. The van der Waals surface area contributed by atoms with Crippen LogP contribution in [-0.2, 0) is 6.54 Å². The number of carboxylic acid groups (broad SMARTS) is 1. The van der Waals surface area contributed by atoms with Crippen molar-refractivity contribution in [1.29, 1.82) is 0 Å². The van der Waals surface area contributed by atoms with E-state index in [0.717, 1.165) is 15.5 Å². The van der Waals surface area contributed by atoms with Crippen molar-refractivity contribution in [2.24, 2.45) is 0 Å². The molecule has 0 saturated carbocycles. The van der Waals surface area contributed by atoms with Crippen molar-refractivity contribution in [2.45, 2.75) is 12.6 Å². The molecule has 1 aliphatic heterocycles. The molecule has 2 heterocycles. The first kappa shape index (κ1) is 18.3. The molecule has 0 spiro atoms. The van der Waals surface area contributed by atoms with Gasteiger partial charge in [0.1, 0.15) is 0 Å². The van der Waals surface area contributed by atoms with E-state index in [-0.39, 0.29) is 0 Å². The molecule has 1 saturated heterocycles. The zero-order chi connectivity index (χ0) is 19.0. The predicted octanol–water partition coefficient (Wildman–Crippen LogP) is 3.21. The van der Waals surface area contributed by atoms with Crippen molar-refractivity contribution in [2.75, 3.05) is 32.7 Å². The SMILES string of the molecule is O=C(O)N1CCN(CC(O)Cn2c3ccccc3c3cc(Br)ccc32)CC1. The van der Waals surface area contributed by atoms with Crippen LogP contribution in [0.2, 0.25) is 0 Å². The lowest BCUT2D eigenvalue weighted by Gasteiger charge is -2.34. The zero-order valence-electron chi connectivity index (χ0n) is 14.9. The summed E-state index contributed by atoms with van der Waals surface area (Å²) in [6.07, 6.45) is -1.39. The average Bonchev–Trinajstić information content (AvgIpc) is 2.95. The molecule has 1 aromatic heterocycles. The van der Waals surface area contributed by atoms with Gasteiger partial charge in [0.05, 0.1) is 12.6 Å². The lowest BCUT2D eigenvalue weighted by molar-refractivity contribution is 0.0639. The van der Waals surface area contributed by atoms with E-state index in [9.17, 15) is 9.90 Å². The Morgan fingerprint density at radius 1 is 1.00 bits per heavy atom. The number of aliphatic hydroxyl groups is 1. The van der Waals surface area contributed by atoms with E-state index in [1.165, 1.54) is 15.7 Å². The molecule has 2 aromatic carbocycles. The first-order valence-electron chi connectivity index (χ1n) is 9.07. The molecule has 1 unspecified atom stereocenters. The normalized spacial score (nSPS) is 16.9. The minimum absolute atomic E-state index is 0.492. The second-order valence-corrected chi connectivity index (χ2v) is 7.93. The van der Waals surface area contributed by atoms with E-state index >= 15 is 0 Å². The third-order valence-electron chi connectivity index (χ3n) is 5.24. The minimum Gasteiger partial charge on any atom is -0.465 e. The fraction of sp³-hybridized carbons (Fsp3) is 0.350. The van der Waals surface area contributed by atoms with Crippen LogP contribution in [-0.4, -0.2) is 69.5 Å². The van der Waals surface area contributed by atoms with Gasteiger partial charge < -0.3 is 19.7 Å². The van der Waals surface area contributed by atoms with E-state index in [1.54, 1.807) is 0 Å². The number of nitrogens with zero attached hydrogens (tertiary/aromatic N) is 3. The molecular formula is C20H22BrN3O3. The van der Waals surface area contributed by atoms with Gasteiger partial charge in [-0.25, -0.2) is 4.79 Å². The van der Waals surface area contributed by atoms with Crippen molar-refractivity contribution in [3.8, 4) is 0 Å². The molecule has 2 N–H and O–H groups in total. The maximum Gasteiger partial charge on any atom is 0.407 e. The number of aliphatic hydroxyl groups excluding tert-OH is 1. The molecule has 1 atom stereocenters. The van der Waals surface area contributed by atoms with Crippen molar-refractivity contribution in [3.63, 3.8) is 0 Å². The Bertz CT molecular complexity index is 979. The molecular weight excluding hydrogens is 410 g/mol. The highest BCUT2D eigenvalue weighted by Crippen LogP contribution is 2.31. The highest BCUT2D eigenvalue weighted by Gasteiger charge is 2.22. The Labute approximate surface area is 165 Å². The second-order valence-electron chi connectivity index (χ2n) is 7.01. The highest BCUT2D eigenvalue weighted by atomic mass is 79.9. The van der Waals surface area contributed by atoms with Gasteiger partial charge in [0, 0.05) is 59.0 Å². The summed E-state index contributed by atoms with van der Waals surface area (Å²) in [7, 11) is 0. The lowest BCUT2D eigenvalue weighted by Crippen LogP contribution is -2.50. The van der Waals surface area contributed by atoms with E-state index in [4.69, 9.17) is 5.11 Å². The van der Waals surface area contributed by atoms with Gasteiger partial charge >= 0.3 is 6.09 Å². The summed E-state index contributed by atoms with van der Waals surface area (Å²) in [5.41, 5.74) is 2.22. The molecule has 0 bridgehead atoms. The van der Waals surface area contributed by atoms with Crippen LogP contribution < -0.4 is 0 Å². The summed E-state index contributed by atoms with van der Waals surface area (Å²) < 4.78 is 3.21. The number of aromatic nitrogens is 1. The summed E-state index contributed by atoms with van der Waals surface area (Å²) in [6, 6.07) is 14.5. The molecule has 142 valence electrons. The first-order chi connectivity index (χ1) is 13.0. The zero-order valence-corrected chi connectivity index (χ0v) is 16.5. The van der Waals surface area contributed by atoms with Gasteiger partial charge in [0.2, 0.25) is 0 Å². The number of piperazine rings is 1. The Kier molecular flexibility index (Phi) is 5.08. The van der Waals surface area contributed by atoms with Gasteiger partial charge in [-0.15, -0.1) is 0 Å². The van der Waals surface area contributed by atoms with Crippen LogP contribution in [0.25, 0.3) is 21.8 Å². The van der Waals surface area contributed by atoms with Crippen molar-refractivity contribution >= 4 is 43.8 Å². The van der Waals surface area contributed by atoms with Gasteiger partial charge in [0.15, 0.2) is 0 Å². The number of amides is 1. The number of halogens is 1. The first-order valence-corrected chi connectivity index (χ1v) is 9.87. The van der Waals surface area contributed by atoms with Crippen molar-refractivity contribution in [1.82, 2.24) is 14.4 Å². The number of rotatable bonds is 4.